The first-order chi connectivity index (χ1) is 11.3. The van der Waals surface area contributed by atoms with Gasteiger partial charge in [0.05, 0.1) is 13.0 Å². The van der Waals surface area contributed by atoms with Crippen molar-refractivity contribution in [3.05, 3.63) is 48.0 Å². The molecule has 0 radical (unpaired) electrons. The fraction of sp³-hybridized carbons (Fsp3) is 0.444. The molecule has 1 fully saturated rings. The van der Waals surface area contributed by atoms with E-state index in [0.717, 1.165) is 43.1 Å². The van der Waals surface area contributed by atoms with Gasteiger partial charge in [0, 0.05) is 37.0 Å². The summed E-state index contributed by atoms with van der Waals surface area (Å²) in [6, 6.07) is 7.78. The molecule has 1 saturated heterocycles. The number of aromatic nitrogens is 2. The van der Waals surface area contributed by atoms with Crippen molar-refractivity contribution < 1.29 is 9.53 Å². The lowest BCUT2D eigenvalue weighted by atomic mass is 9.96. The largest absolute Gasteiger partial charge is 0.494 e. The number of carbonyl (C=O) groups excluding carboxylic acids is 1. The lowest BCUT2D eigenvalue weighted by Crippen LogP contribution is -2.40. The summed E-state index contributed by atoms with van der Waals surface area (Å²) in [5.74, 6) is 2.26. The number of benzene rings is 1. The van der Waals surface area contributed by atoms with Crippen molar-refractivity contribution in [2.24, 2.45) is 0 Å². The monoisotopic (exact) mass is 313 g/mol. The highest BCUT2D eigenvalue weighted by molar-refractivity contribution is 5.79. The molecule has 1 aliphatic rings. The minimum atomic E-state index is 0.161. The summed E-state index contributed by atoms with van der Waals surface area (Å²) in [4.78, 5) is 22.2. The number of rotatable bonds is 5. The second kappa shape index (κ2) is 7.31. The molecule has 0 spiro atoms. The Bertz CT molecular complexity index is 639. The Morgan fingerprint density at radius 3 is 3.09 bits per heavy atom. The normalized spacial score (nSPS) is 18.0. The Morgan fingerprint density at radius 1 is 1.43 bits per heavy atom. The third-order valence-corrected chi connectivity index (χ3v) is 4.29. The predicted octanol–water partition coefficient (Wildman–Crippen LogP) is 2.76. The fourth-order valence-corrected chi connectivity index (χ4v) is 3.15. The topological polar surface area (TPSA) is 58.2 Å². The van der Waals surface area contributed by atoms with Gasteiger partial charge in [-0.15, -0.1) is 0 Å². The van der Waals surface area contributed by atoms with Gasteiger partial charge >= 0.3 is 0 Å². The molecular weight excluding hydrogens is 290 g/mol. The number of carbonyl (C=O) groups is 1. The quantitative estimate of drug-likeness (QED) is 0.923. The fourth-order valence-electron chi connectivity index (χ4n) is 3.15. The minimum absolute atomic E-state index is 0.161. The van der Waals surface area contributed by atoms with E-state index < -0.39 is 0 Å². The maximum atomic E-state index is 12.7. The molecule has 0 saturated carbocycles. The van der Waals surface area contributed by atoms with Gasteiger partial charge in [-0.2, -0.15) is 0 Å². The van der Waals surface area contributed by atoms with Crippen LogP contribution in [0.2, 0.25) is 0 Å². The Kier molecular flexibility index (Phi) is 4.95. The maximum absolute atomic E-state index is 12.7. The van der Waals surface area contributed by atoms with E-state index in [1.54, 1.807) is 6.20 Å². The van der Waals surface area contributed by atoms with E-state index in [2.05, 4.69) is 9.97 Å². The SMILES string of the molecule is CCOc1ccccc1CC(=O)N1CCCC(c2ncc[nH]2)C1. The molecule has 2 aromatic rings. The third-order valence-electron chi connectivity index (χ3n) is 4.29. The van der Waals surface area contributed by atoms with Crippen molar-refractivity contribution in [1.82, 2.24) is 14.9 Å². The van der Waals surface area contributed by atoms with Crippen LogP contribution in [0.3, 0.4) is 0 Å². The molecule has 1 atom stereocenters. The van der Waals surface area contributed by atoms with Crippen LogP contribution >= 0.6 is 0 Å². The van der Waals surface area contributed by atoms with Crippen molar-refractivity contribution in [1.29, 1.82) is 0 Å². The van der Waals surface area contributed by atoms with E-state index in [9.17, 15) is 4.79 Å². The molecule has 23 heavy (non-hydrogen) atoms. The second-order valence-electron chi connectivity index (χ2n) is 5.87. The van der Waals surface area contributed by atoms with Crippen molar-refractivity contribution in [3.8, 4) is 5.75 Å². The highest BCUT2D eigenvalue weighted by Gasteiger charge is 2.26. The van der Waals surface area contributed by atoms with Gasteiger partial charge < -0.3 is 14.6 Å². The molecule has 0 aliphatic carbocycles. The molecule has 3 rings (SSSR count). The highest BCUT2D eigenvalue weighted by atomic mass is 16.5. The summed E-state index contributed by atoms with van der Waals surface area (Å²) in [6.45, 7) is 4.13. The lowest BCUT2D eigenvalue weighted by molar-refractivity contribution is -0.131. The molecule has 1 N–H and O–H groups in total. The van der Waals surface area contributed by atoms with Gasteiger partial charge in [-0.1, -0.05) is 18.2 Å². The standard InChI is InChI=1S/C18H23N3O2/c1-2-23-16-8-4-3-6-14(16)12-17(22)21-11-5-7-15(13-21)18-19-9-10-20-18/h3-4,6,8-10,15H,2,5,7,11-13H2,1H3,(H,19,20). The van der Waals surface area contributed by atoms with Crippen molar-refractivity contribution in [3.63, 3.8) is 0 Å². The molecule has 1 amide bonds. The van der Waals surface area contributed by atoms with Gasteiger partial charge in [0.2, 0.25) is 5.91 Å². The number of nitrogens with one attached hydrogen (secondary N) is 1. The summed E-state index contributed by atoms with van der Waals surface area (Å²) >= 11 is 0. The summed E-state index contributed by atoms with van der Waals surface area (Å²) in [7, 11) is 0. The molecule has 0 bridgehead atoms. The maximum Gasteiger partial charge on any atom is 0.227 e. The zero-order valence-electron chi connectivity index (χ0n) is 13.5. The summed E-state index contributed by atoms with van der Waals surface area (Å²) in [6.07, 6.45) is 6.10. The van der Waals surface area contributed by atoms with Gasteiger partial charge in [-0.3, -0.25) is 4.79 Å². The minimum Gasteiger partial charge on any atom is -0.494 e. The van der Waals surface area contributed by atoms with Crippen LogP contribution in [0.1, 0.15) is 37.1 Å². The number of ether oxygens (including phenoxy) is 1. The first kappa shape index (κ1) is 15.6. The number of piperidine rings is 1. The number of hydrogen-bond acceptors (Lipinski definition) is 3. The number of H-pyrrole nitrogens is 1. The molecule has 122 valence electrons. The van der Waals surface area contributed by atoms with Crippen LogP contribution in [0.4, 0.5) is 0 Å². The number of likely N-dealkylation sites (tertiary alicyclic amines) is 1. The number of nitrogens with zero attached hydrogens (tertiary/aromatic N) is 2. The van der Waals surface area contributed by atoms with E-state index in [1.165, 1.54) is 0 Å². The molecule has 1 aliphatic heterocycles. The summed E-state index contributed by atoms with van der Waals surface area (Å²) < 4.78 is 5.62. The number of para-hydroxylation sites is 1. The molecule has 2 heterocycles. The Balaban J connectivity index is 1.66. The van der Waals surface area contributed by atoms with Gasteiger partial charge in [-0.25, -0.2) is 4.98 Å². The van der Waals surface area contributed by atoms with Gasteiger partial charge in [0.25, 0.3) is 0 Å². The van der Waals surface area contributed by atoms with Crippen LogP contribution in [-0.2, 0) is 11.2 Å². The number of imidazole rings is 1. The van der Waals surface area contributed by atoms with E-state index in [0.29, 0.717) is 18.9 Å². The molecule has 1 unspecified atom stereocenters. The average Bonchev–Trinajstić information content (AvgIpc) is 3.11. The lowest BCUT2D eigenvalue weighted by Gasteiger charge is -2.32. The van der Waals surface area contributed by atoms with Crippen LogP contribution in [0.15, 0.2) is 36.7 Å². The number of amides is 1. The van der Waals surface area contributed by atoms with E-state index in [1.807, 2.05) is 42.3 Å². The van der Waals surface area contributed by atoms with Crippen LogP contribution < -0.4 is 4.74 Å². The summed E-state index contributed by atoms with van der Waals surface area (Å²) in [5, 5.41) is 0. The van der Waals surface area contributed by atoms with Gasteiger partial charge in [0.15, 0.2) is 0 Å². The highest BCUT2D eigenvalue weighted by Crippen LogP contribution is 2.26. The van der Waals surface area contributed by atoms with Crippen LogP contribution in [0.5, 0.6) is 5.75 Å². The molecule has 5 nitrogen and oxygen atoms in total. The Morgan fingerprint density at radius 2 is 2.30 bits per heavy atom. The zero-order valence-corrected chi connectivity index (χ0v) is 13.5. The van der Waals surface area contributed by atoms with Crippen molar-refractivity contribution in [2.75, 3.05) is 19.7 Å². The Labute approximate surface area is 136 Å². The van der Waals surface area contributed by atoms with Crippen molar-refractivity contribution in [2.45, 2.75) is 32.1 Å². The average molecular weight is 313 g/mol. The first-order valence-corrected chi connectivity index (χ1v) is 8.25. The summed E-state index contributed by atoms with van der Waals surface area (Å²) in [5.41, 5.74) is 0.958. The van der Waals surface area contributed by atoms with Crippen LogP contribution in [0, 0.1) is 0 Å². The smallest absolute Gasteiger partial charge is 0.227 e. The Hall–Kier alpha value is -2.30. The third kappa shape index (κ3) is 3.73. The van der Waals surface area contributed by atoms with E-state index in [-0.39, 0.29) is 5.91 Å². The van der Waals surface area contributed by atoms with E-state index in [4.69, 9.17) is 4.74 Å². The predicted molar refractivity (Wildman–Crippen MR) is 88.5 cm³/mol. The first-order valence-electron chi connectivity index (χ1n) is 8.25. The van der Waals surface area contributed by atoms with E-state index >= 15 is 0 Å². The molecule has 1 aromatic heterocycles. The van der Waals surface area contributed by atoms with Gasteiger partial charge in [-0.05, 0) is 25.8 Å². The second-order valence-corrected chi connectivity index (χ2v) is 5.87. The molecule has 5 heteroatoms. The van der Waals surface area contributed by atoms with Crippen LogP contribution in [0.25, 0.3) is 0 Å². The zero-order chi connectivity index (χ0) is 16.1. The molecule has 1 aromatic carbocycles. The van der Waals surface area contributed by atoms with Gasteiger partial charge in [0.1, 0.15) is 11.6 Å². The number of hydrogen-bond donors (Lipinski definition) is 1. The van der Waals surface area contributed by atoms with Crippen molar-refractivity contribution >= 4 is 5.91 Å². The number of aromatic amines is 1. The van der Waals surface area contributed by atoms with Crippen LogP contribution in [-0.4, -0.2) is 40.5 Å². The molecular formula is C18H23N3O2.